The summed E-state index contributed by atoms with van der Waals surface area (Å²) in [5.41, 5.74) is -0.0293. The van der Waals surface area contributed by atoms with Crippen LogP contribution in [0.5, 0.6) is 0 Å². The maximum Gasteiger partial charge on any atom is 0.336 e. The molecule has 2 heterocycles. The fourth-order valence-electron chi connectivity index (χ4n) is 5.70. The summed E-state index contributed by atoms with van der Waals surface area (Å²) < 4.78 is 23.6. The summed E-state index contributed by atoms with van der Waals surface area (Å²) in [5, 5.41) is 11.6. The van der Waals surface area contributed by atoms with Gasteiger partial charge in [-0.2, -0.15) is 0 Å². The number of ether oxygens (including phenoxy) is 4. The van der Waals surface area contributed by atoms with E-state index in [1.165, 1.54) is 0 Å². The summed E-state index contributed by atoms with van der Waals surface area (Å²) in [6.45, 7) is 11.3. The van der Waals surface area contributed by atoms with Crippen molar-refractivity contribution in [3.63, 3.8) is 0 Å². The molecule has 2 saturated carbocycles. The highest BCUT2D eigenvalue weighted by Gasteiger charge is 2.81. The van der Waals surface area contributed by atoms with Gasteiger partial charge in [-0.15, -0.1) is 0 Å². The molecule has 4 rings (SSSR count). The second kappa shape index (κ2) is 6.40. The van der Waals surface area contributed by atoms with E-state index < -0.39 is 35.0 Å². The Kier molecular flexibility index (Phi) is 4.54. The zero-order chi connectivity index (χ0) is 21.4. The molecule has 29 heavy (non-hydrogen) atoms. The number of esters is 2. The lowest BCUT2D eigenvalue weighted by molar-refractivity contribution is -0.246. The third-order valence-electron chi connectivity index (χ3n) is 7.78. The first-order chi connectivity index (χ1) is 13.6. The van der Waals surface area contributed by atoms with E-state index in [1.807, 2.05) is 20.8 Å². The summed E-state index contributed by atoms with van der Waals surface area (Å²) in [6.07, 6.45) is 0.996. The van der Waals surface area contributed by atoms with Crippen molar-refractivity contribution in [2.24, 2.45) is 11.3 Å². The molecule has 0 radical (unpaired) electrons. The summed E-state index contributed by atoms with van der Waals surface area (Å²) in [7, 11) is 0. The van der Waals surface area contributed by atoms with E-state index in [1.54, 1.807) is 26.8 Å². The van der Waals surface area contributed by atoms with Gasteiger partial charge in [0.25, 0.3) is 0 Å². The zero-order valence-electron chi connectivity index (χ0n) is 17.9. The van der Waals surface area contributed by atoms with E-state index in [4.69, 9.17) is 18.9 Å². The van der Waals surface area contributed by atoms with E-state index in [9.17, 15) is 14.7 Å². The van der Waals surface area contributed by atoms with Crippen LogP contribution in [0.15, 0.2) is 22.8 Å². The monoisotopic (exact) mass is 406 g/mol. The first-order valence-corrected chi connectivity index (χ1v) is 10.4. The standard InChI is InChI=1S/C22H30O7/c1-7-11(3)18(24)27-14-9-15-21(28-15)10-22(26-8-2)16(12(4)19(25)29-22)17(23)20(21,6)13(14)5/h7,13-15,17,23H,8-10H2,1-6H3/b11-7+/t13-,14-,15+,17+,20-,21+,22-/m0/s1. The van der Waals surface area contributed by atoms with Gasteiger partial charge in [0.15, 0.2) is 0 Å². The molecule has 7 nitrogen and oxygen atoms in total. The molecule has 0 aromatic carbocycles. The van der Waals surface area contributed by atoms with Gasteiger partial charge in [0.2, 0.25) is 5.79 Å². The van der Waals surface area contributed by atoms with Crippen molar-refractivity contribution < 1.29 is 33.6 Å². The average molecular weight is 406 g/mol. The summed E-state index contributed by atoms with van der Waals surface area (Å²) in [4.78, 5) is 24.8. The summed E-state index contributed by atoms with van der Waals surface area (Å²) in [6, 6.07) is 0. The molecular weight excluding hydrogens is 376 g/mol. The highest BCUT2D eigenvalue weighted by Crippen LogP contribution is 2.70. The SMILES string of the molecule is C/C=C(\C)C(=O)O[C@H]1C[C@H]2O[C@]23C[C@]2(OCC)OC(=O)C(C)=C2[C@@H](O)[C@]3(C)[C@H]1C. The lowest BCUT2D eigenvalue weighted by atomic mass is 9.51. The number of allylic oxidation sites excluding steroid dienone is 1. The van der Waals surface area contributed by atoms with Gasteiger partial charge in [-0.25, -0.2) is 9.59 Å². The largest absolute Gasteiger partial charge is 0.459 e. The minimum absolute atomic E-state index is 0.194. The van der Waals surface area contributed by atoms with Gasteiger partial charge in [-0.05, 0) is 27.7 Å². The normalized spacial score (nSPS) is 45.9. The molecular formula is C22H30O7. The highest BCUT2D eigenvalue weighted by molar-refractivity contribution is 5.93. The van der Waals surface area contributed by atoms with Gasteiger partial charge < -0.3 is 24.1 Å². The molecule has 0 aromatic rings. The predicted molar refractivity (Wildman–Crippen MR) is 103 cm³/mol. The number of rotatable bonds is 4. The van der Waals surface area contributed by atoms with Crippen molar-refractivity contribution in [1.82, 2.24) is 0 Å². The van der Waals surface area contributed by atoms with E-state index >= 15 is 0 Å². The second-order valence-corrected chi connectivity index (χ2v) is 8.91. The topological polar surface area (TPSA) is 94.6 Å². The van der Waals surface area contributed by atoms with Gasteiger partial charge in [0.05, 0.1) is 18.6 Å². The molecule has 0 aromatic heterocycles. The fourth-order valence-corrected chi connectivity index (χ4v) is 5.70. The highest BCUT2D eigenvalue weighted by atomic mass is 16.7. The molecule has 3 fully saturated rings. The molecule has 1 N–H and O–H groups in total. The van der Waals surface area contributed by atoms with Crippen molar-refractivity contribution in [2.45, 2.75) is 84.1 Å². The van der Waals surface area contributed by atoms with Gasteiger partial charge in [-0.1, -0.05) is 19.9 Å². The number of carbonyl (C=O) groups excluding carboxylic acids is 2. The molecule has 0 bridgehead atoms. The van der Waals surface area contributed by atoms with Crippen molar-refractivity contribution >= 4 is 11.9 Å². The van der Waals surface area contributed by atoms with Crippen LogP contribution in [-0.4, -0.2) is 53.4 Å². The van der Waals surface area contributed by atoms with Crippen LogP contribution >= 0.6 is 0 Å². The Morgan fingerprint density at radius 3 is 2.72 bits per heavy atom. The Bertz CT molecular complexity index is 829. The van der Waals surface area contributed by atoms with Crippen molar-refractivity contribution in [3.05, 3.63) is 22.8 Å². The van der Waals surface area contributed by atoms with Gasteiger partial charge in [-0.3, -0.25) is 0 Å². The number of aliphatic hydroxyl groups is 1. The van der Waals surface area contributed by atoms with Gasteiger partial charge in [0.1, 0.15) is 11.7 Å². The number of carbonyl (C=O) groups is 2. The molecule has 1 spiro atoms. The number of epoxide rings is 1. The van der Waals surface area contributed by atoms with E-state index in [0.717, 1.165) is 0 Å². The van der Waals surface area contributed by atoms with Crippen LogP contribution in [-0.2, 0) is 28.5 Å². The fraction of sp³-hybridized carbons (Fsp3) is 0.727. The molecule has 160 valence electrons. The lowest BCUT2D eigenvalue weighted by Gasteiger charge is -2.56. The van der Waals surface area contributed by atoms with Crippen LogP contribution in [0.4, 0.5) is 0 Å². The summed E-state index contributed by atoms with van der Waals surface area (Å²) in [5.74, 6) is -2.30. The maximum absolute atomic E-state index is 12.4. The van der Waals surface area contributed by atoms with E-state index in [0.29, 0.717) is 36.2 Å². The Hall–Kier alpha value is -1.70. The third-order valence-corrected chi connectivity index (χ3v) is 7.78. The Balaban J connectivity index is 1.73. The van der Waals surface area contributed by atoms with Crippen molar-refractivity contribution in [2.75, 3.05) is 6.61 Å². The molecule has 4 aliphatic rings. The molecule has 2 aliphatic heterocycles. The van der Waals surface area contributed by atoms with Crippen molar-refractivity contribution in [1.29, 1.82) is 0 Å². The Morgan fingerprint density at radius 1 is 1.41 bits per heavy atom. The van der Waals surface area contributed by atoms with Gasteiger partial charge >= 0.3 is 11.9 Å². The number of hydrogen-bond donors (Lipinski definition) is 1. The number of fused-ring (bicyclic) bond motifs is 1. The Morgan fingerprint density at radius 2 is 2.10 bits per heavy atom. The molecule has 1 saturated heterocycles. The molecule has 0 unspecified atom stereocenters. The molecule has 7 atom stereocenters. The van der Waals surface area contributed by atoms with Crippen LogP contribution in [0.1, 0.15) is 54.4 Å². The second-order valence-electron chi connectivity index (χ2n) is 8.91. The minimum atomic E-state index is -1.28. The van der Waals surface area contributed by atoms with Crippen molar-refractivity contribution in [3.8, 4) is 0 Å². The smallest absolute Gasteiger partial charge is 0.336 e. The van der Waals surface area contributed by atoms with Crippen LogP contribution in [0.2, 0.25) is 0 Å². The predicted octanol–water partition coefficient (Wildman–Crippen LogP) is 2.42. The quantitative estimate of drug-likeness (QED) is 0.435. The molecule has 0 amide bonds. The van der Waals surface area contributed by atoms with Crippen LogP contribution in [0.25, 0.3) is 0 Å². The first-order valence-electron chi connectivity index (χ1n) is 10.4. The maximum atomic E-state index is 12.4. The lowest BCUT2D eigenvalue weighted by Crippen LogP contribution is -2.66. The Labute approximate surface area is 171 Å². The van der Waals surface area contributed by atoms with Crippen LogP contribution in [0.3, 0.4) is 0 Å². The number of aliphatic hydroxyl groups excluding tert-OH is 1. The zero-order valence-corrected chi connectivity index (χ0v) is 17.9. The number of hydrogen-bond acceptors (Lipinski definition) is 7. The first kappa shape index (κ1) is 20.6. The minimum Gasteiger partial charge on any atom is -0.459 e. The molecule has 7 heteroatoms. The van der Waals surface area contributed by atoms with Crippen LogP contribution < -0.4 is 0 Å². The van der Waals surface area contributed by atoms with E-state index in [-0.39, 0.29) is 18.0 Å². The summed E-state index contributed by atoms with van der Waals surface area (Å²) >= 11 is 0. The van der Waals surface area contributed by atoms with E-state index in [2.05, 4.69) is 0 Å². The van der Waals surface area contributed by atoms with Crippen LogP contribution in [0, 0.1) is 11.3 Å². The molecule has 2 aliphatic carbocycles. The van der Waals surface area contributed by atoms with Gasteiger partial charge in [0, 0.05) is 41.1 Å². The average Bonchev–Trinajstić information content (AvgIpc) is 3.30. The third kappa shape index (κ3) is 2.47.